The van der Waals surface area contributed by atoms with Gasteiger partial charge in [0.1, 0.15) is 0 Å². The van der Waals surface area contributed by atoms with Gasteiger partial charge in [-0.2, -0.15) is 0 Å². The van der Waals surface area contributed by atoms with Crippen LogP contribution in [0.4, 0.5) is 5.69 Å². The molecule has 0 bridgehead atoms. The van der Waals surface area contributed by atoms with Crippen LogP contribution in [0.15, 0.2) is 42.5 Å². The van der Waals surface area contributed by atoms with E-state index < -0.39 is 0 Å². The normalized spacial score (nSPS) is 10.3. The average Bonchev–Trinajstić information content (AvgIpc) is 2.39. The highest BCUT2D eigenvalue weighted by Gasteiger charge is 2.11. The van der Waals surface area contributed by atoms with Gasteiger partial charge < -0.3 is 10.6 Å². The van der Waals surface area contributed by atoms with Crippen LogP contribution in [0, 0.1) is 0 Å². The lowest BCUT2D eigenvalue weighted by atomic mass is 10.1. The number of benzene rings is 2. The number of halogens is 2. The van der Waals surface area contributed by atoms with E-state index in [9.17, 15) is 4.79 Å². The minimum Gasteiger partial charge on any atom is -0.322 e. The Labute approximate surface area is 127 Å². The molecule has 0 aromatic heterocycles. The summed E-state index contributed by atoms with van der Waals surface area (Å²) in [4.78, 5) is 12.2. The third-order valence-corrected chi connectivity index (χ3v) is 3.29. The lowest BCUT2D eigenvalue weighted by molar-refractivity contribution is 0.102. The first-order chi connectivity index (χ1) is 9.60. The molecule has 0 spiro atoms. The first kappa shape index (κ1) is 14.9. The smallest absolute Gasteiger partial charge is 0.257 e. The van der Waals surface area contributed by atoms with Crippen molar-refractivity contribution in [3.63, 3.8) is 0 Å². The van der Waals surface area contributed by atoms with E-state index in [1.165, 1.54) is 0 Å². The Kier molecular flexibility index (Phi) is 5.01. The standard InChI is InChI=1S/C15H14Cl2N2O/c1-18-9-10-3-2-4-12(7-10)19-15(20)13-6-5-11(16)8-14(13)17/h2-8,18H,9H2,1H3,(H,19,20). The Morgan fingerprint density at radius 2 is 1.95 bits per heavy atom. The number of anilines is 1. The van der Waals surface area contributed by atoms with Crippen molar-refractivity contribution in [2.75, 3.05) is 12.4 Å². The van der Waals surface area contributed by atoms with E-state index in [1.54, 1.807) is 18.2 Å². The van der Waals surface area contributed by atoms with Crippen molar-refractivity contribution < 1.29 is 4.79 Å². The van der Waals surface area contributed by atoms with Crippen molar-refractivity contribution in [2.24, 2.45) is 0 Å². The van der Waals surface area contributed by atoms with Crippen LogP contribution in [-0.2, 0) is 6.54 Å². The van der Waals surface area contributed by atoms with Crippen LogP contribution in [0.2, 0.25) is 10.0 Å². The fourth-order valence-corrected chi connectivity index (χ4v) is 2.33. The zero-order valence-electron chi connectivity index (χ0n) is 10.9. The molecule has 0 aliphatic carbocycles. The third-order valence-electron chi connectivity index (χ3n) is 2.74. The molecule has 0 fully saturated rings. The number of carbonyl (C=O) groups excluding carboxylic acids is 1. The van der Waals surface area contributed by atoms with Crippen molar-refractivity contribution in [3.05, 3.63) is 63.6 Å². The van der Waals surface area contributed by atoms with Crippen LogP contribution in [0.3, 0.4) is 0 Å². The predicted molar refractivity (Wildman–Crippen MR) is 83.6 cm³/mol. The summed E-state index contributed by atoms with van der Waals surface area (Å²) in [5, 5.41) is 6.72. The number of rotatable bonds is 4. The van der Waals surface area contributed by atoms with Crippen LogP contribution in [0.5, 0.6) is 0 Å². The average molecular weight is 309 g/mol. The zero-order valence-corrected chi connectivity index (χ0v) is 12.4. The molecule has 0 aliphatic heterocycles. The molecule has 2 aromatic carbocycles. The van der Waals surface area contributed by atoms with Gasteiger partial charge in [-0.1, -0.05) is 35.3 Å². The topological polar surface area (TPSA) is 41.1 Å². The Morgan fingerprint density at radius 3 is 2.65 bits per heavy atom. The summed E-state index contributed by atoms with van der Waals surface area (Å²) >= 11 is 11.8. The van der Waals surface area contributed by atoms with Crippen LogP contribution in [0.25, 0.3) is 0 Å². The summed E-state index contributed by atoms with van der Waals surface area (Å²) < 4.78 is 0. The fourth-order valence-electron chi connectivity index (χ4n) is 1.84. The molecule has 0 radical (unpaired) electrons. The summed E-state index contributed by atoms with van der Waals surface area (Å²) in [6, 6.07) is 12.4. The van der Waals surface area contributed by atoms with Gasteiger partial charge in [-0.3, -0.25) is 4.79 Å². The summed E-state index contributed by atoms with van der Waals surface area (Å²) in [6.45, 7) is 0.741. The molecule has 5 heteroatoms. The maximum Gasteiger partial charge on any atom is 0.257 e. The van der Waals surface area contributed by atoms with Crippen molar-refractivity contribution in [2.45, 2.75) is 6.54 Å². The van der Waals surface area contributed by atoms with E-state index >= 15 is 0 Å². The molecule has 0 heterocycles. The molecular weight excluding hydrogens is 295 g/mol. The van der Waals surface area contributed by atoms with Crippen LogP contribution in [-0.4, -0.2) is 13.0 Å². The maximum atomic E-state index is 12.2. The lowest BCUT2D eigenvalue weighted by Crippen LogP contribution is -2.13. The minimum atomic E-state index is -0.256. The molecule has 0 saturated carbocycles. The molecule has 0 atom stereocenters. The minimum absolute atomic E-state index is 0.256. The molecule has 2 rings (SSSR count). The molecule has 0 unspecified atom stereocenters. The van der Waals surface area contributed by atoms with E-state index in [4.69, 9.17) is 23.2 Å². The molecule has 0 saturated heterocycles. The maximum absolute atomic E-state index is 12.2. The fraction of sp³-hybridized carbons (Fsp3) is 0.133. The van der Waals surface area contributed by atoms with Crippen LogP contribution < -0.4 is 10.6 Å². The van der Waals surface area contributed by atoms with Gasteiger partial charge in [0.25, 0.3) is 5.91 Å². The van der Waals surface area contributed by atoms with Gasteiger partial charge in [-0.25, -0.2) is 0 Å². The highest BCUT2D eigenvalue weighted by atomic mass is 35.5. The van der Waals surface area contributed by atoms with Crippen molar-refractivity contribution in [1.29, 1.82) is 0 Å². The van der Waals surface area contributed by atoms with Gasteiger partial charge in [0, 0.05) is 17.3 Å². The van der Waals surface area contributed by atoms with E-state index in [0.29, 0.717) is 15.6 Å². The molecule has 2 aromatic rings. The molecule has 3 nitrogen and oxygen atoms in total. The number of carbonyl (C=O) groups is 1. The van der Waals surface area contributed by atoms with E-state index in [1.807, 2.05) is 31.3 Å². The zero-order chi connectivity index (χ0) is 14.5. The van der Waals surface area contributed by atoms with Gasteiger partial charge in [-0.05, 0) is 42.9 Å². The second kappa shape index (κ2) is 6.75. The van der Waals surface area contributed by atoms with Gasteiger partial charge >= 0.3 is 0 Å². The number of hydrogen-bond acceptors (Lipinski definition) is 2. The Bertz CT molecular complexity index is 629. The van der Waals surface area contributed by atoms with Gasteiger partial charge in [-0.15, -0.1) is 0 Å². The Morgan fingerprint density at radius 1 is 1.15 bits per heavy atom. The van der Waals surface area contributed by atoms with Crippen molar-refractivity contribution in [3.8, 4) is 0 Å². The number of nitrogens with one attached hydrogen (secondary N) is 2. The summed E-state index contributed by atoms with van der Waals surface area (Å²) in [5.41, 5.74) is 2.22. The summed E-state index contributed by atoms with van der Waals surface area (Å²) in [7, 11) is 1.87. The highest BCUT2D eigenvalue weighted by molar-refractivity contribution is 6.37. The highest BCUT2D eigenvalue weighted by Crippen LogP contribution is 2.22. The van der Waals surface area contributed by atoms with E-state index in [-0.39, 0.29) is 5.91 Å². The molecule has 20 heavy (non-hydrogen) atoms. The molecule has 0 aliphatic rings. The van der Waals surface area contributed by atoms with Crippen LogP contribution in [0.1, 0.15) is 15.9 Å². The monoisotopic (exact) mass is 308 g/mol. The largest absolute Gasteiger partial charge is 0.322 e. The Balaban J connectivity index is 2.17. The third kappa shape index (κ3) is 3.73. The first-order valence-electron chi connectivity index (χ1n) is 6.10. The Hall–Kier alpha value is -1.55. The van der Waals surface area contributed by atoms with E-state index in [0.717, 1.165) is 17.8 Å². The second-order valence-corrected chi connectivity index (χ2v) is 5.15. The molecule has 104 valence electrons. The van der Waals surface area contributed by atoms with Crippen molar-refractivity contribution >= 4 is 34.8 Å². The van der Waals surface area contributed by atoms with Gasteiger partial charge in [0.15, 0.2) is 0 Å². The lowest BCUT2D eigenvalue weighted by Gasteiger charge is -2.08. The molecule has 1 amide bonds. The number of amides is 1. The quantitative estimate of drug-likeness (QED) is 0.897. The van der Waals surface area contributed by atoms with Crippen molar-refractivity contribution in [1.82, 2.24) is 5.32 Å². The SMILES string of the molecule is CNCc1cccc(NC(=O)c2ccc(Cl)cc2Cl)c1. The summed E-state index contributed by atoms with van der Waals surface area (Å²) in [6.07, 6.45) is 0. The van der Waals surface area contributed by atoms with Gasteiger partial charge in [0.2, 0.25) is 0 Å². The van der Waals surface area contributed by atoms with E-state index in [2.05, 4.69) is 10.6 Å². The van der Waals surface area contributed by atoms with Gasteiger partial charge in [0.05, 0.1) is 10.6 Å². The molecular formula is C15H14Cl2N2O. The predicted octanol–water partition coefficient (Wildman–Crippen LogP) is 3.97. The summed E-state index contributed by atoms with van der Waals surface area (Å²) in [5.74, 6) is -0.256. The second-order valence-electron chi connectivity index (χ2n) is 4.31. The van der Waals surface area contributed by atoms with Crippen LogP contribution >= 0.6 is 23.2 Å². The molecule has 2 N–H and O–H groups in total. The first-order valence-corrected chi connectivity index (χ1v) is 6.85. The number of hydrogen-bond donors (Lipinski definition) is 2.